The first kappa shape index (κ1) is 12.0. The molecule has 0 atom stereocenters. The van der Waals surface area contributed by atoms with Gasteiger partial charge in [0.1, 0.15) is 11.5 Å². The Morgan fingerprint density at radius 3 is 2.67 bits per heavy atom. The maximum atomic E-state index is 11.4. The van der Waals surface area contributed by atoms with E-state index in [0.717, 1.165) is 0 Å². The number of rotatable bonds is 4. The van der Waals surface area contributed by atoms with Crippen molar-refractivity contribution < 1.29 is 17.9 Å². The zero-order chi connectivity index (χ0) is 11.5. The van der Waals surface area contributed by atoms with Gasteiger partial charge in [0.05, 0.1) is 7.11 Å². The molecule has 0 aliphatic heterocycles. The van der Waals surface area contributed by atoms with Gasteiger partial charge in [0.25, 0.3) is 0 Å². The van der Waals surface area contributed by atoms with Gasteiger partial charge in [0, 0.05) is 16.2 Å². The lowest BCUT2D eigenvalue weighted by molar-refractivity contribution is 0.102. The van der Waals surface area contributed by atoms with Gasteiger partial charge in [-0.3, -0.25) is 4.79 Å². The highest BCUT2D eigenvalue weighted by molar-refractivity contribution is 8.14. The number of hydrogen-bond donors (Lipinski definition) is 0. The second kappa shape index (κ2) is 4.63. The van der Waals surface area contributed by atoms with Crippen molar-refractivity contribution >= 4 is 25.5 Å². The number of carbonyl (C=O) groups excluding carboxylic acids is 1. The predicted molar refractivity (Wildman–Crippen MR) is 57.0 cm³/mol. The Labute approximate surface area is 92.2 Å². The van der Waals surface area contributed by atoms with Crippen molar-refractivity contribution in [3.8, 4) is 5.75 Å². The minimum atomic E-state index is -3.81. The zero-order valence-corrected chi connectivity index (χ0v) is 9.51. The summed E-state index contributed by atoms with van der Waals surface area (Å²) in [6.07, 6.45) is 0. The molecule has 15 heavy (non-hydrogen) atoms. The third kappa shape index (κ3) is 3.89. The minimum Gasteiger partial charge on any atom is -0.497 e. The number of methoxy groups -OCH3 is 1. The Bertz CT molecular complexity index is 467. The summed E-state index contributed by atoms with van der Waals surface area (Å²) in [5, 5.41) is 0. The standard InChI is InChI=1S/C9H9ClO4S/c1-14-8-4-2-3-7(5-8)9(11)6-15(10,12)13/h2-5H,6H2,1H3. The Balaban J connectivity index is 2.92. The van der Waals surface area contributed by atoms with E-state index in [0.29, 0.717) is 5.75 Å². The number of benzene rings is 1. The van der Waals surface area contributed by atoms with Gasteiger partial charge in [-0.2, -0.15) is 0 Å². The molecule has 0 fully saturated rings. The topological polar surface area (TPSA) is 60.4 Å². The van der Waals surface area contributed by atoms with Crippen molar-refractivity contribution in [2.75, 3.05) is 12.9 Å². The van der Waals surface area contributed by atoms with Crippen LogP contribution in [0, 0.1) is 0 Å². The van der Waals surface area contributed by atoms with Crippen molar-refractivity contribution in [1.29, 1.82) is 0 Å². The Kier molecular flexibility index (Phi) is 3.71. The summed E-state index contributed by atoms with van der Waals surface area (Å²) >= 11 is 0. The SMILES string of the molecule is COc1cccc(C(=O)CS(=O)(=O)Cl)c1. The van der Waals surface area contributed by atoms with Gasteiger partial charge in [-0.1, -0.05) is 12.1 Å². The number of carbonyl (C=O) groups is 1. The van der Waals surface area contributed by atoms with E-state index in [1.165, 1.54) is 19.2 Å². The molecule has 1 rings (SSSR count). The lowest BCUT2D eigenvalue weighted by atomic mass is 10.1. The summed E-state index contributed by atoms with van der Waals surface area (Å²) in [6.45, 7) is 0. The number of ether oxygens (including phenoxy) is 1. The number of hydrogen-bond acceptors (Lipinski definition) is 4. The molecule has 0 radical (unpaired) electrons. The van der Waals surface area contributed by atoms with E-state index in [4.69, 9.17) is 15.4 Å². The van der Waals surface area contributed by atoms with Crippen LogP contribution in [-0.2, 0) is 9.05 Å². The van der Waals surface area contributed by atoms with Crippen LogP contribution in [0.4, 0.5) is 0 Å². The van der Waals surface area contributed by atoms with E-state index >= 15 is 0 Å². The fourth-order valence-corrected chi connectivity index (χ4v) is 1.81. The van der Waals surface area contributed by atoms with E-state index in [9.17, 15) is 13.2 Å². The molecule has 0 unspecified atom stereocenters. The highest BCUT2D eigenvalue weighted by Crippen LogP contribution is 2.14. The summed E-state index contributed by atoms with van der Waals surface area (Å²) in [5.74, 6) is -0.765. The summed E-state index contributed by atoms with van der Waals surface area (Å²) in [4.78, 5) is 11.4. The normalized spacial score (nSPS) is 11.1. The van der Waals surface area contributed by atoms with Gasteiger partial charge in [0.2, 0.25) is 9.05 Å². The molecule has 6 heteroatoms. The maximum absolute atomic E-state index is 11.4. The molecule has 0 amide bonds. The van der Waals surface area contributed by atoms with Gasteiger partial charge in [0.15, 0.2) is 5.78 Å². The molecule has 0 bridgehead atoms. The molecule has 0 spiro atoms. The van der Waals surface area contributed by atoms with E-state index in [2.05, 4.69) is 0 Å². The van der Waals surface area contributed by atoms with Crippen LogP contribution in [0.5, 0.6) is 5.75 Å². The van der Waals surface area contributed by atoms with Crippen LogP contribution in [0.15, 0.2) is 24.3 Å². The lowest BCUT2D eigenvalue weighted by Gasteiger charge is -2.02. The molecule has 4 nitrogen and oxygen atoms in total. The molecule has 0 heterocycles. The molecule has 1 aromatic rings. The van der Waals surface area contributed by atoms with Crippen molar-refractivity contribution in [2.45, 2.75) is 0 Å². The molecule has 82 valence electrons. The number of Topliss-reactive ketones (excluding diaryl/α,β-unsaturated/α-hetero) is 1. The Morgan fingerprint density at radius 2 is 2.13 bits per heavy atom. The molecule has 0 aliphatic carbocycles. The summed E-state index contributed by atoms with van der Waals surface area (Å²) in [5.41, 5.74) is 0.263. The largest absolute Gasteiger partial charge is 0.497 e. The first-order valence-corrected chi connectivity index (χ1v) is 6.50. The Morgan fingerprint density at radius 1 is 1.47 bits per heavy atom. The van der Waals surface area contributed by atoms with E-state index in [1.807, 2.05) is 0 Å². The number of ketones is 1. The van der Waals surface area contributed by atoms with Gasteiger partial charge in [-0.05, 0) is 12.1 Å². The maximum Gasteiger partial charge on any atom is 0.240 e. The second-order valence-corrected chi connectivity index (χ2v) is 5.62. The average molecular weight is 249 g/mol. The van der Waals surface area contributed by atoms with Crippen LogP contribution in [0.1, 0.15) is 10.4 Å². The fourth-order valence-electron chi connectivity index (χ4n) is 1.04. The fraction of sp³-hybridized carbons (Fsp3) is 0.222. The van der Waals surface area contributed by atoms with Crippen molar-refractivity contribution in [2.24, 2.45) is 0 Å². The lowest BCUT2D eigenvalue weighted by Crippen LogP contribution is -2.11. The highest BCUT2D eigenvalue weighted by atomic mass is 35.7. The number of halogens is 1. The van der Waals surface area contributed by atoms with Gasteiger partial charge in [-0.25, -0.2) is 8.42 Å². The Hall–Kier alpha value is -1.07. The third-order valence-corrected chi connectivity index (χ3v) is 2.63. The summed E-state index contributed by atoms with van der Waals surface area (Å²) < 4.78 is 26.3. The molecular formula is C9H9ClO4S. The molecule has 0 aliphatic rings. The first-order valence-electron chi connectivity index (χ1n) is 4.02. The third-order valence-electron chi connectivity index (χ3n) is 1.70. The zero-order valence-electron chi connectivity index (χ0n) is 7.94. The van der Waals surface area contributed by atoms with Crippen molar-refractivity contribution in [3.05, 3.63) is 29.8 Å². The molecule has 0 saturated heterocycles. The smallest absolute Gasteiger partial charge is 0.240 e. The highest BCUT2D eigenvalue weighted by Gasteiger charge is 2.15. The summed E-state index contributed by atoms with van der Waals surface area (Å²) in [7, 11) is 2.62. The van der Waals surface area contributed by atoms with E-state index in [1.54, 1.807) is 12.1 Å². The average Bonchev–Trinajstić information content (AvgIpc) is 2.15. The first-order chi connectivity index (χ1) is 6.92. The van der Waals surface area contributed by atoms with Crippen LogP contribution in [0.2, 0.25) is 0 Å². The van der Waals surface area contributed by atoms with Crippen LogP contribution < -0.4 is 4.74 Å². The van der Waals surface area contributed by atoms with Crippen LogP contribution in [-0.4, -0.2) is 27.1 Å². The summed E-state index contributed by atoms with van der Waals surface area (Å²) in [6, 6.07) is 6.23. The van der Waals surface area contributed by atoms with E-state index in [-0.39, 0.29) is 5.56 Å². The van der Waals surface area contributed by atoms with Crippen LogP contribution in [0.25, 0.3) is 0 Å². The van der Waals surface area contributed by atoms with Gasteiger partial charge in [-0.15, -0.1) is 0 Å². The van der Waals surface area contributed by atoms with Gasteiger partial charge >= 0.3 is 0 Å². The minimum absolute atomic E-state index is 0.263. The molecule has 0 N–H and O–H groups in total. The molecule has 0 saturated carbocycles. The van der Waals surface area contributed by atoms with E-state index < -0.39 is 20.6 Å². The molecule has 0 aromatic heterocycles. The van der Waals surface area contributed by atoms with Crippen molar-refractivity contribution in [1.82, 2.24) is 0 Å². The van der Waals surface area contributed by atoms with Gasteiger partial charge < -0.3 is 4.74 Å². The monoisotopic (exact) mass is 248 g/mol. The van der Waals surface area contributed by atoms with Crippen LogP contribution >= 0.6 is 10.7 Å². The quantitative estimate of drug-likeness (QED) is 0.598. The van der Waals surface area contributed by atoms with Crippen molar-refractivity contribution in [3.63, 3.8) is 0 Å². The molecular weight excluding hydrogens is 240 g/mol. The second-order valence-electron chi connectivity index (χ2n) is 2.84. The van der Waals surface area contributed by atoms with Crippen LogP contribution in [0.3, 0.4) is 0 Å². The predicted octanol–water partition coefficient (Wildman–Crippen LogP) is 1.45. The molecule has 1 aromatic carbocycles.